The molecule has 0 aliphatic rings. The third-order valence-corrected chi connectivity index (χ3v) is 3.31. The van der Waals surface area contributed by atoms with Crippen LogP contribution in [0.15, 0.2) is 48.5 Å². The standard InChI is InChI=1S/C16H13Cl2N3O3/c17-10-4-6-12(7-5-10)20-14(22)9-19-15(23)16(24)21-13-3-1-2-11(18)8-13/h1-8H,9H2,(H,19,23)(H,20,22)(H,21,24). The molecule has 3 amide bonds. The number of benzene rings is 2. The van der Waals surface area contributed by atoms with E-state index in [1.807, 2.05) is 0 Å². The number of halogens is 2. The van der Waals surface area contributed by atoms with Gasteiger partial charge in [-0.2, -0.15) is 0 Å². The van der Waals surface area contributed by atoms with Crippen molar-refractivity contribution in [1.82, 2.24) is 5.32 Å². The average Bonchev–Trinajstić information content (AvgIpc) is 2.54. The number of anilines is 2. The van der Waals surface area contributed by atoms with Crippen LogP contribution in [0.2, 0.25) is 10.0 Å². The number of amides is 3. The molecule has 2 aromatic rings. The normalized spacial score (nSPS) is 9.92. The van der Waals surface area contributed by atoms with E-state index in [0.29, 0.717) is 21.4 Å². The van der Waals surface area contributed by atoms with Gasteiger partial charge in [0, 0.05) is 21.4 Å². The van der Waals surface area contributed by atoms with Gasteiger partial charge < -0.3 is 16.0 Å². The molecule has 2 rings (SSSR count). The first-order valence-corrected chi connectivity index (χ1v) is 7.60. The first-order chi connectivity index (χ1) is 11.4. The highest BCUT2D eigenvalue weighted by atomic mass is 35.5. The second-order valence-corrected chi connectivity index (χ2v) is 5.58. The molecule has 2 aromatic carbocycles. The van der Waals surface area contributed by atoms with Crippen LogP contribution < -0.4 is 16.0 Å². The smallest absolute Gasteiger partial charge is 0.313 e. The first-order valence-electron chi connectivity index (χ1n) is 6.84. The fraction of sp³-hybridized carbons (Fsp3) is 0.0625. The molecule has 0 spiro atoms. The van der Waals surface area contributed by atoms with Gasteiger partial charge in [-0.3, -0.25) is 14.4 Å². The van der Waals surface area contributed by atoms with Crippen LogP contribution in [0, 0.1) is 0 Å². The van der Waals surface area contributed by atoms with Crippen molar-refractivity contribution < 1.29 is 14.4 Å². The second kappa shape index (κ2) is 8.33. The Kier molecular flexibility index (Phi) is 6.17. The van der Waals surface area contributed by atoms with Gasteiger partial charge in [-0.25, -0.2) is 0 Å². The molecule has 3 N–H and O–H groups in total. The van der Waals surface area contributed by atoms with Crippen LogP contribution in [0.5, 0.6) is 0 Å². The zero-order chi connectivity index (χ0) is 17.5. The number of hydrogen-bond donors (Lipinski definition) is 3. The molecule has 0 heterocycles. The Balaban J connectivity index is 1.80. The monoisotopic (exact) mass is 365 g/mol. The average molecular weight is 366 g/mol. The highest BCUT2D eigenvalue weighted by Crippen LogP contribution is 2.15. The maximum absolute atomic E-state index is 11.7. The molecular formula is C16H13Cl2N3O3. The molecule has 0 radical (unpaired) electrons. The quantitative estimate of drug-likeness (QED) is 0.727. The van der Waals surface area contributed by atoms with Gasteiger partial charge in [0.1, 0.15) is 0 Å². The van der Waals surface area contributed by atoms with Crippen LogP contribution in [-0.4, -0.2) is 24.3 Å². The molecule has 24 heavy (non-hydrogen) atoms. The zero-order valence-corrected chi connectivity index (χ0v) is 13.8. The minimum absolute atomic E-state index is 0.343. The zero-order valence-electron chi connectivity index (χ0n) is 12.3. The summed E-state index contributed by atoms with van der Waals surface area (Å²) in [5, 5.41) is 8.13. The largest absolute Gasteiger partial charge is 0.339 e. The summed E-state index contributed by atoms with van der Waals surface area (Å²) in [6, 6.07) is 12.8. The minimum Gasteiger partial charge on any atom is -0.339 e. The summed E-state index contributed by atoms with van der Waals surface area (Å²) in [4.78, 5) is 35.1. The molecule has 0 bridgehead atoms. The third kappa shape index (κ3) is 5.57. The van der Waals surface area contributed by atoms with Gasteiger partial charge in [-0.1, -0.05) is 29.3 Å². The lowest BCUT2D eigenvalue weighted by Gasteiger charge is -2.08. The Bertz CT molecular complexity index is 763. The van der Waals surface area contributed by atoms with Crippen molar-refractivity contribution in [3.8, 4) is 0 Å². The molecule has 124 valence electrons. The summed E-state index contributed by atoms with van der Waals surface area (Å²) >= 11 is 11.5. The lowest BCUT2D eigenvalue weighted by molar-refractivity contribution is -0.136. The second-order valence-electron chi connectivity index (χ2n) is 4.70. The van der Waals surface area contributed by atoms with Gasteiger partial charge in [0.15, 0.2) is 0 Å². The van der Waals surface area contributed by atoms with E-state index in [-0.39, 0.29) is 6.54 Å². The summed E-state index contributed by atoms with van der Waals surface area (Å²) in [7, 11) is 0. The van der Waals surface area contributed by atoms with Crippen molar-refractivity contribution >= 4 is 52.3 Å². The number of carbonyl (C=O) groups excluding carboxylic acids is 3. The van der Waals surface area contributed by atoms with E-state index in [2.05, 4.69) is 16.0 Å². The molecule has 0 unspecified atom stereocenters. The minimum atomic E-state index is -0.929. The van der Waals surface area contributed by atoms with E-state index in [4.69, 9.17) is 23.2 Å². The van der Waals surface area contributed by atoms with Crippen LogP contribution in [0.25, 0.3) is 0 Å². The van der Waals surface area contributed by atoms with Crippen LogP contribution in [0.4, 0.5) is 11.4 Å². The lowest BCUT2D eigenvalue weighted by atomic mass is 10.3. The van der Waals surface area contributed by atoms with Crippen molar-refractivity contribution in [2.75, 3.05) is 17.2 Å². The molecule has 0 saturated carbocycles. The molecule has 0 aromatic heterocycles. The molecule has 8 heteroatoms. The van der Waals surface area contributed by atoms with Crippen LogP contribution in [0.3, 0.4) is 0 Å². The van der Waals surface area contributed by atoms with Crippen LogP contribution in [0.1, 0.15) is 0 Å². The number of hydrogen-bond acceptors (Lipinski definition) is 3. The van der Waals surface area contributed by atoms with E-state index in [1.54, 1.807) is 42.5 Å². The predicted molar refractivity (Wildman–Crippen MR) is 93.2 cm³/mol. The molecule has 0 fully saturated rings. The third-order valence-electron chi connectivity index (χ3n) is 2.83. The van der Waals surface area contributed by atoms with Crippen molar-refractivity contribution in [3.05, 3.63) is 58.6 Å². The van der Waals surface area contributed by atoms with Gasteiger partial charge in [-0.05, 0) is 42.5 Å². The summed E-state index contributed by atoms with van der Waals surface area (Å²) in [6.45, 7) is -0.343. The SMILES string of the molecule is O=C(CNC(=O)C(=O)Nc1cccc(Cl)c1)Nc1ccc(Cl)cc1. The molecule has 0 aliphatic heterocycles. The topological polar surface area (TPSA) is 87.3 Å². The van der Waals surface area contributed by atoms with Crippen LogP contribution in [-0.2, 0) is 14.4 Å². The van der Waals surface area contributed by atoms with E-state index in [0.717, 1.165) is 0 Å². The van der Waals surface area contributed by atoms with E-state index >= 15 is 0 Å². The Morgan fingerprint density at radius 1 is 0.792 bits per heavy atom. The Labute approximate surface area is 148 Å². The number of carbonyl (C=O) groups is 3. The van der Waals surface area contributed by atoms with Crippen molar-refractivity contribution in [2.24, 2.45) is 0 Å². The fourth-order valence-corrected chi connectivity index (χ4v) is 2.05. The van der Waals surface area contributed by atoms with Crippen molar-refractivity contribution in [1.29, 1.82) is 0 Å². The highest BCUT2D eigenvalue weighted by molar-refractivity contribution is 6.40. The molecule has 6 nitrogen and oxygen atoms in total. The van der Waals surface area contributed by atoms with E-state index < -0.39 is 17.7 Å². The Morgan fingerprint density at radius 3 is 2.17 bits per heavy atom. The first kappa shape index (κ1) is 17.8. The molecule has 0 saturated heterocycles. The molecule has 0 atom stereocenters. The summed E-state index contributed by atoms with van der Waals surface area (Å²) in [5.74, 6) is -2.29. The predicted octanol–water partition coefficient (Wildman–Crippen LogP) is 2.69. The summed E-state index contributed by atoms with van der Waals surface area (Å²) < 4.78 is 0. The number of nitrogens with one attached hydrogen (secondary N) is 3. The lowest BCUT2D eigenvalue weighted by Crippen LogP contribution is -2.39. The molecular weight excluding hydrogens is 353 g/mol. The van der Waals surface area contributed by atoms with Gasteiger partial charge in [0.05, 0.1) is 6.54 Å². The number of rotatable bonds is 4. The summed E-state index contributed by atoms with van der Waals surface area (Å²) in [5.41, 5.74) is 0.912. The van der Waals surface area contributed by atoms with E-state index in [9.17, 15) is 14.4 Å². The maximum atomic E-state index is 11.7. The van der Waals surface area contributed by atoms with Gasteiger partial charge in [0.2, 0.25) is 5.91 Å². The molecule has 0 aliphatic carbocycles. The van der Waals surface area contributed by atoms with Crippen molar-refractivity contribution in [2.45, 2.75) is 0 Å². The Hall–Kier alpha value is -2.57. The van der Waals surface area contributed by atoms with E-state index in [1.165, 1.54) is 6.07 Å². The maximum Gasteiger partial charge on any atom is 0.313 e. The Morgan fingerprint density at radius 2 is 1.50 bits per heavy atom. The van der Waals surface area contributed by atoms with Gasteiger partial charge >= 0.3 is 11.8 Å². The fourth-order valence-electron chi connectivity index (χ4n) is 1.73. The summed E-state index contributed by atoms with van der Waals surface area (Å²) in [6.07, 6.45) is 0. The van der Waals surface area contributed by atoms with Crippen molar-refractivity contribution in [3.63, 3.8) is 0 Å². The highest BCUT2D eigenvalue weighted by Gasteiger charge is 2.15. The van der Waals surface area contributed by atoms with Crippen LogP contribution >= 0.6 is 23.2 Å². The van der Waals surface area contributed by atoms with Gasteiger partial charge in [0.25, 0.3) is 0 Å². The van der Waals surface area contributed by atoms with Gasteiger partial charge in [-0.15, -0.1) is 0 Å².